The molecule has 3 rings (SSSR count). The Balaban J connectivity index is 1.70. The van der Waals surface area contributed by atoms with Crippen LogP contribution in [0.3, 0.4) is 0 Å². The van der Waals surface area contributed by atoms with E-state index >= 15 is 0 Å². The van der Waals surface area contributed by atoms with Crippen molar-refractivity contribution in [1.29, 1.82) is 0 Å². The number of rotatable bonds is 3. The van der Waals surface area contributed by atoms with Crippen LogP contribution >= 0.6 is 11.6 Å². The number of aromatic nitrogens is 2. The van der Waals surface area contributed by atoms with Crippen LogP contribution < -0.4 is 10.2 Å². The maximum atomic E-state index is 14.6. The first-order chi connectivity index (χ1) is 11.0. The lowest BCUT2D eigenvalue weighted by molar-refractivity contribution is -0.119. The molecule has 1 aromatic heterocycles. The molecule has 7 heteroatoms. The summed E-state index contributed by atoms with van der Waals surface area (Å²) in [4.78, 5) is 21.9. The number of nitrogens with one attached hydrogen (secondary N) is 1. The number of alkyl halides is 1. The number of carbonyl (C=O) groups is 1. The Bertz CT molecular complexity index is 731. The third kappa shape index (κ3) is 3.69. The van der Waals surface area contributed by atoms with Crippen LogP contribution in [0.4, 0.5) is 10.2 Å². The van der Waals surface area contributed by atoms with Crippen LogP contribution in [-0.4, -0.2) is 41.2 Å². The van der Waals surface area contributed by atoms with Crippen LogP contribution in [0.25, 0.3) is 11.0 Å². The number of hydrogen-bond donors (Lipinski definition) is 1. The van der Waals surface area contributed by atoms with Gasteiger partial charge >= 0.3 is 0 Å². The molecule has 122 valence electrons. The molecule has 0 saturated carbocycles. The zero-order chi connectivity index (χ0) is 16.4. The topological polar surface area (TPSA) is 58.1 Å². The third-order valence-electron chi connectivity index (χ3n) is 4.13. The highest BCUT2D eigenvalue weighted by Gasteiger charge is 2.35. The number of halogens is 2. The summed E-state index contributed by atoms with van der Waals surface area (Å²) >= 11 is 5.94. The molecule has 1 N–H and O–H groups in total. The van der Waals surface area contributed by atoms with Crippen molar-refractivity contribution in [2.24, 2.45) is 0 Å². The van der Waals surface area contributed by atoms with Gasteiger partial charge in [-0.25, -0.2) is 9.37 Å². The summed E-state index contributed by atoms with van der Waals surface area (Å²) in [7, 11) is 0. The number of hydrogen-bond acceptors (Lipinski definition) is 4. The Kier molecular flexibility index (Phi) is 4.35. The number of anilines is 1. The van der Waals surface area contributed by atoms with Crippen molar-refractivity contribution < 1.29 is 9.18 Å². The van der Waals surface area contributed by atoms with Crippen molar-refractivity contribution in [1.82, 2.24) is 15.3 Å². The number of piperidine rings is 1. The van der Waals surface area contributed by atoms with Gasteiger partial charge in [-0.05, 0) is 18.2 Å². The van der Waals surface area contributed by atoms with E-state index in [1.54, 1.807) is 18.3 Å². The van der Waals surface area contributed by atoms with Gasteiger partial charge in [-0.2, -0.15) is 0 Å². The highest BCUT2D eigenvalue weighted by Crippen LogP contribution is 2.29. The Labute approximate surface area is 138 Å². The van der Waals surface area contributed by atoms with Gasteiger partial charge < -0.3 is 10.2 Å². The summed E-state index contributed by atoms with van der Waals surface area (Å²) in [5.74, 6) is 0.532. The van der Waals surface area contributed by atoms with E-state index in [9.17, 15) is 9.18 Å². The molecule has 5 nitrogen and oxygen atoms in total. The van der Waals surface area contributed by atoms with Crippen LogP contribution in [0.5, 0.6) is 0 Å². The van der Waals surface area contributed by atoms with Gasteiger partial charge in [-0.1, -0.05) is 11.6 Å². The highest BCUT2D eigenvalue weighted by atomic mass is 35.5. The number of benzene rings is 1. The predicted octanol–water partition coefficient (Wildman–Crippen LogP) is 2.73. The summed E-state index contributed by atoms with van der Waals surface area (Å²) in [5, 5.41) is 3.19. The van der Waals surface area contributed by atoms with Gasteiger partial charge in [0.25, 0.3) is 0 Å². The summed E-state index contributed by atoms with van der Waals surface area (Å²) in [6.45, 7) is 2.56. The molecule has 23 heavy (non-hydrogen) atoms. The molecule has 1 fully saturated rings. The predicted molar refractivity (Wildman–Crippen MR) is 88.5 cm³/mol. The molecule has 1 saturated heterocycles. The van der Waals surface area contributed by atoms with Crippen molar-refractivity contribution in [2.75, 3.05) is 24.5 Å². The van der Waals surface area contributed by atoms with E-state index in [1.807, 2.05) is 11.0 Å². The average molecular weight is 337 g/mol. The van der Waals surface area contributed by atoms with Crippen LogP contribution in [0.1, 0.15) is 19.8 Å². The van der Waals surface area contributed by atoms with Gasteiger partial charge in [0.2, 0.25) is 5.91 Å². The van der Waals surface area contributed by atoms with Gasteiger partial charge in [0.15, 0.2) is 0 Å². The van der Waals surface area contributed by atoms with E-state index in [2.05, 4.69) is 15.3 Å². The Morgan fingerprint density at radius 1 is 1.39 bits per heavy atom. The fourth-order valence-corrected chi connectivity index (χ4v) is 2.89. The number of amides is 1. The van der Waals surface area contributed by atoms with Gasteiger partial charge in [0.05, 0.1) is 23.8 Å². The number of fused-ring (bicyclic) bond motifs is 1. The lowest BCUT2D eigenvalue weighted by Crippen LogP contribution is -2.48. The molecule has 2 heterocycles. The maximum absolute atomic E-state index is 14.6. The van der Waals surface area contributed by atoms with Crippen molar-refractivity contribution in [2.45, 2.75) is 25.4 Å². The first-order valence-electron chi connectivity index (χ1n) is 7.56. The molecule has 0 unspecified atom stereocenters. The van der Waals surface area contributed by atoms with Crippen molar-refractivity contribution in [3.63, 3.8) is 0 Å². The fourth-order valence-electron chi connectivity index (χ4n) is 2.72. The summed E-state index contributed by atoms with van der Waals surface area (Å²) < 4.78 is 14.6. The van der Waals surface area contributed by atoms with E-state index in [0.717, 1.165) is 16.9 Å². The average Bonchev–Trinajstić information content (AvgIpc) is 2.53. The van der Waals surface area contributed by atoms with Gasteiger partial charge in [-0.3, -0.25) is 9.78 Å². The minimum absolute atomic E-state index is 0.0675. The molecular formula is C16H18ClFN4O. The molecule has 0 aliphatic carbocycles. The van der Waals surface area contributed by atoms with Gasteiger partial charge in [-0.15, -0.1) is 0 Å². The van der Waals surface area contributed by atoms with Crippen LogP contribution in [0.15, 0.2) is 24.4 Å². The Hall–Kier alpha value is -1.95. The zero-order valence-corrected chi connectivity index (χ0v) is 13.6. The SMILES string of the molecule is CC(=O)NCC1(F)CCN(c2cnc3cc(Cl)ccc3n2)CC1. The van der Waals surface area contributed by atoms with Crippen molar-refractivity contribution in [3.05, 3.63) is 29.4 Å². The highest BCUT2D eigenvalue weighted by molar-refractivity contribution is 6.31. The molecule has 2 aromatic rings. The first kappa shape index (κ1) is 15.9. The summed E-state index contributed by atoms with van der Waals surface area (Å²) in [6.07, 6.45) is 2.40. The molecular weight excluding hydrogens is 319 g/mol. The minimum atomic E-state index is -1.35. The quantitative estimate of drug-likeness (QED) is 0.936. The monoisotopic (exact) mass is 336 g/mol. The normalized spacial score (nSPS) is 17.3. The van der Waals surface area contributed by atoms with E-state index in [1.165, 1.54) is 6.92 Å². The molecule has 1 aliphatic heterocycles. The molecule has 0 spiro atoms. The number of carbonyl (C=O) groups excluding carboxylic acids is 1. The van der Waals surface area contributed by atoms with E-state index in [0.29, 0.717) is 31.0 Å². The zero-order valence-electron chi connectivity index (χ0n) is 12.9. The smallest absolute Gasteiger partial charge is 0.216 e. The second-order valence-electron chi connectivity index (χ2n) is 5.91. The van der Waals surface area contributed by atoms with E-state index in [4.69, 9.17) is 11.6 Å². The van der Waals surface area contributed by atoms with E-state index in [-0.39, 0.29) is 12.5 Å². The van der Waals surface area contributed by atoms with Crippen molar-refractivity contribution >= 4 is 34.4 Å². The fraction of sp³-hybridized carbons (Fsp3) is 0.438. The van der Waals surface area contributed by atoms with Gasteiger partial charge in [0.1, 0.15) is 11.5 Å². The lowest BCUT2D eigenvalue weighted by atomic mass is 9.93. The maximum Gasteiger partial charge on any atom is 0.216 e. The minimum Gasteiger partial charge on any atom is -0.355 e. The second kappa shape index (κ2) is 6.28. The molecule has 1 aromatic carbocycles. The summed E-state index contributed by atoms with van der Waals surface area (Å²) in [6, 6.07) is 5.37. The molecule has 0 radical (unpaired) electrons. The van der Waals surface area contributed by atoms with E-state index < -0.39 is 5.67 Å². The first-order valence-corrected chi connectivity index (χ1v) is 7.94. The third-order valence-corrected chi connectivity index (χ3v) is 4.36. The van der Waals surface area contributed by atoms with Crippen LogP contribution in [0.2, 0.25) is 5.02 Å². The van der Waals surface area contributed by atoms with Gasteiger partial charge in [0, 0.05) is 37.9 Å². The van der Waals surface area contributed by atoms with Crippen molar-refractivity contribution in [3.8, 4) is 0 Å². The van der Waals surface area contributed by atoms with Crippen LogP contribution in [0, 0.1) is 0 Å². The second-order valence-corrected chi connectivity index (χ2v) is 6.35. The Morgan fingerprint density at radius 2 is 2.13 bits per heavy atom. The van der Waals surface area contributed by atoms with Crippen LogP contribution in [-0.2, 0) is 4.79 Å². The number of nitrogens with zero attached hydrogens (tertiary/aromatic N) is 3. The standard InChI is InChI=1S/C16H18ClFN4O/c1-11(23)20-10-16(18)4-6-22(7-5-16)15-9-19-14-8-12(17)2-3-13(14)21-15/h2-3,8-9H,4-7,10H2,1H3,(H,20,23). The summed E-state index contributed by atoms with van der Waals surface area (Å²) in [5.41, 5.74) is 0.158. The molecule has 1 aliphatic rings. The molecule has 1 amide bonds. The Morgan fingerprint density at radius 3 is 2.83 bits per heavy atom. The largest absolute Gasteiger partial charge is 0.355 e. The molecule has 0 atom stereocenters. The lowest BCUT2D eigenvalue weighted by Gasteiger charge is -2.36. The molecule has 0 bridgehead atoms.